The summed E-state index contributed by atoms with van der Waals surface area (Å²) in [5, 5.41) is 2.50. The fraction of sp³-hybridized carbons (Fsp3) is 0. The number of nitrogens with zero attached hydrogens (tertiary/aromatic N) is 1. The number of fused-ring (bicyclic) bond motifs is 7. The molecular weight excluding hydrogens is 489 g/mol. The Kier molecular flexibility index (Phi) is 4.41. The van der Waals surface area contributed by atoms with Crippen molar-refractivity contribution in [2.45, 2.75) is 0 Å². The molecule has 0 aliphatic carbocycles. The van der Waals surface area contributed by atoms with Crippen LogP contribution in [-0.2, 0) is 0 Å². The highest BCUT2D eigenvalue weighted by Gasteiger charge is 2.40. The minimum Gasteiger partial charge on any atom is -0.551 e. The summed E-state index contributed by atoms with van der Waals surface area (Å²) in [6.07, 6.45) is 0. The summed E-state index contributed by atoms with van der Waals surface area (Å²) < 4.78 is 15.7. The van der Waals surface area contributed by atoms with E-state index in [-0.39, 0.29) is 6.92 Å². The maximum absolute atomic E-state index is 6.88. The minimum absolute atomic E-state index is 0.235. The number of para-hydroxylation sites is 2. The third-order valence-electron chi connectivity index (χ3n) is 8.29. The van der Waals surface area contributed by atoms with Gasteiger partial charge < -0.3 is 14.0 Å². The summed E-state index contributed by atoms with van der Waals surface area (Å²) in [6, 6.07) is 47.0. The second kappa shape index (κ2) is 8.14. The van der Waals surface area contributed by atoms with Crippen molar-refractivity contribution < 1.29 is 9.39 Å². The van der Waals surface area contributed by atoms with E-state index in [1.54, 1.807) is 0 Å². The molecule has 186 valence electrons. The highest BCUT2D eigenvalue weighted by molar-refractivity contribution is 6.84. The number of rotatable bonds is 2. The normalized spacial score (nSPS) is 12.8. The molecule has 7 aromatic rings. The summed E-state index contributed by atoms with van der Waals surface area (Å²) in [5.74, 6) is 2.59. The van der Waals surface area contributed by atoms with Gasteiger partial charge in [-0.05, 0) is 53.1 Å². The molecule has 9 rings (SSSR count). The van der Waals surface area contributed by atoms with Gasteiger partial charge in [0.05, 0.1) is 11.0 Å². The fourth-order valence-electron chi connectivity index (χ4n) is 6.48. The van der Waals surface area contributed by atoms with Crippen molar-refractivity contribution >= 4 is 39.6 Å². The highest BCUT2D eigenvalue weighted by atomic mass is 16.5. The molecule has 3 nitrogen and oxygen atoms in total. The lowest BCUT2D eigenvalue weighted by molar-refractivity contribution is 0.479. The Morgan fingerprint density at radius 1 is 0.500 bits per heavy atom. The molecule has 40 heavy (non-hydrogen) atoms. The molecule has 0 bridgehead atoms. The van der Waals surface area contributed by atoms with Crippen LogP contribution in [0.5, 0.6) is 17.2 Å². The Morgan fingerprint density at radius 2 is 1.25 bits per heavy atom. The highest BCUT2D eigenvalue weighted by Crippen LogP contribution is 2.41. The molecule has 0 N–H and O–H groups in total. The smallest absolute Gasteiger partial charge is 0.434 e. The first kappa shape index (κ1) is 21.7. The monoisotopic (exact) mass is 511 g/mol. The second-order valence-corrected chi connectivity index (χ2v) is 10.5. The number of benzene rings is 6. The zero-order chi connectivity index (χ0) is 26.2. The third kappa shape index (κ3) is 3.02. The van der Waals surface area contributed by atoms with Gasteiger partial charge >= 0.3 is 6.92 Å². The van der Waals surface area contributed by atoms with Gasteiger partial charge in [0.2, 0.25) is 0 Å². The van der Waals surface area contributed by atoms with Gasteiger partial charge in [-0.2, -0.15) is 0 Å². The molecular formula is C36H22BNO2. The van der Waals surface area contributed by atoms with Crippen LogP contribution in [-0.4, -0.2) is 11.5 Å². The molecule has 0 unspecified atom stereocenters. The van der Waals surface area contributed by atoms with Crippen molar-refractivity contribution in [3.8, 4) is 45.2 Å². The molecule has 2 aliphatic heterocycles. The standard InChI is InChI=1S/C36H22BNO2/c1-2-9-23(10-3-1)24-17-20-30-35(21-24)39-33-16-8-13-29-28-19-18-25(22-34(28)40-37(30)36(29)33)38-31-14-6-4-11-26(31)27-12-5-7-15-32(27)38/h1-22H. The van der Waals surface area contributed by atoms with Gasteiger partial charge in [0.25, 0.3) is 0 Å². The fourth-order valence-corrected chi connectivity index (χ4v) is 6.48. The van der Waals surface area contributed by atoms with Crippen LogP contribution in [0, 0.1) is 0 Å². The van der Waals surface area contributed by atoms with Crippen LogP contribution in [0.15, 0.2) is 133 Å². The van der Waals surface area contributed by atoms with E-state index in [4.69, 9.17) is 9.39 Å². The van der Waals surface area contributed by atoms with Crippen LogP contribution in [0.1, 0.15) is 0 Å². The van der Waals surface area contributed by atoms with Crippen molar-refractivity contribution in [2.75, 3.05) is 0 Å². The average Bonchev–Trinajstić information content (AvgIpc) is 3.35. The maximum atomic E-state index is 6.88. The van der Waals surface area contributed by atoms with Crippen LogP contribution in [0.2, 0.25) is 0 Å². The number of aromatic nitrogens is 1. The third-order valence-corrected chi connectivity index (χ3v) is 8.29. The van der Waals surface area contributed by atoms with Crippen LogP contribution in [0.4, 0.5) is 0 Å². The van der Waals surface area contributed by atoms with Crippen molar-refractivity contribution in [1.29, 1.82) is 0 Å². The molecule has 1 aromatic heterocycles. The lowest BCUT2D eigenvalue weighted by atomic mass is 9.51. The Bertz CT molecular complexity index is 2080. The van der Waals surface area contributed by atoms with Crippen LogP contribution < -0.4 is 20.3 Å². The molecule has 0 radical (unpaired) electrons. The lowest BCUT2D eigenvalue weighted by Gasteiger charge is -2.33. The molecule has 0 atom stereocenters. The van der Waals surface area contributed by atoms with Gasteiger partial charge in [-0.3, -0.25) is 0 Å². The van der Waals surface area contributed by atoms with E-state index in [9.17, 15) is 0 Å². The van der Waals surface area contributed by atoms with E-state index in [2.05, 4.69) is 126 Å². The van der Waals surface area contributed by atoms with E-state index in [1.807, 2.05) is 12.1 Å². The largest absolute Gasteiger partial charge is 0.551 e. The number of hydrogen-bond acceptors (Lipinski definition) is 2. The Hall–Kier alpha value is -5.22. The Balaban J connectivity index is 1.22. The van der Waals surface area contributed by atoms with E-state index in [0.29, 0.717) is 0 Å². The first-order valence-corrected chi connectivity index (χ1v) is 13.6. The maximum Gasteiger partial charge on any atom is 0.434 e. The number of ether oxygens (including phenoxy) is 1. The molecule has 4 heteroatoms. The molecule has 3 heterocycles. The molecule has 2 aliphatic rings. The van der Waals surface area contributed by atoms with E-state index >= 15 is 0 Å². The predicted octanol–water partition coefficient (Wildman–Crippen LogP) is 7.72. The summed E-state index contributed by atoms with van der Waals surface area (Å²) in [7, 11) is 0. The van der Waals surface area contributed by atoms with Crippen molar-refractivity contribution in [3.05, 3.63) is 133 Å². The summed E-state index contributed by atoms with van der Waals surface area (Å²) >= 11 is 0. The van der Waals surface area contributed by atoms with Crippen LogP contribution in [0.3, 0.4) is 0 Å². The van der Waals surface area contributed by atoms with Crippen molar-refractivity contribution in [2.24, 2.45) is 0 Å². The summed E-state index contributed by atoms with van der Waals surface area (Å²) in [6.45, 7) is -0.235. The van der Waals surface area contributed by atoms with Crippen LogP contribution >= 0.6 is 0 Å². The predicted molar refractivity (Wildman–Crippen MR) is 164 cm³/mol. The first-order chi connectivity index (χ1) is 19.8. The Labute approximate surface area is 232 Å². The minimum atomic E-state index is -0.235. The molecule has 0 saturated carbocycles. The van der Waals surface area contributed by atoms with Gasteiger partial charge in [-0.25, -0.2) is 0 Å². The SMILES string of the molecule is c1ccc(-c2ccc3c(c2)Oc2cccc4c2B3Oc2cc(-n3c5ccccc5c5ccccc53)ccc2-4)cc1. The van der Waals surface area contributed by atoms with Crippen molar-refractivity contribution in [3.63, 3.8) is 0 Å². The molecule has 0 amide bonds. The summed E-state index contributed by atoms with van der Waals surface area (Å²) in [4.78, 5) is 0. The topological polar surface area (TPSA) is 23.4 Å². The zero-order valence-corrected chi connectivity index (χ0v) is 21.5. The lowest BCUT2D eigenvalue weighted by Crippen LogP contribution is -2.53. The Morgan fingerprint density at radius 3 is 2.05 bits per heavy atom. The molecule has 0 fully saturated rings. The zero-order valence-electron chi connectivity index (χ0n) is 21.5. The second-order valence-electron chi connectivity index (χ2n) is 10.5. The van der Waals surface area contributed by atoms with E-state index < -0.39 is 0 Å². The number of hydrogen-bond donors (Lipinski definition) is 0. The molecule has 0 saturated heterocycles. The van der Waals surface area contributed by atoms with Gasteiger partial charge in [0.15, 0.2) is 0 Å². The molecule has 0 spiro atoms. The quantitative estimate of drug-likeness (QED) is 0.222. The van der Waals surface area contributed by atoms with Crippen LogP contribution in [0.25, 0.3) is 49.7 Å². The van der Waals surface area contributed by atoms with Gasteiger partial charge in [0, 0.05) is 39.0 Å². The van der Waals surface area contributed by atoms with Crippen molar-refractivity contribution in [1.82, 2.24) is 4.57 Å². The van der Waals surface area contributed by atoms with Gasteiger partial charge in [-0.15, -0.1) is 0 Å². The molecule has 6 aromatic carbocycles. The van der Waals surface area contributed by atoms with Gasteiger partial charge in [-0.1, -0.05) is 91.0 Å². The van der Waals surface area contributed by atoms with Gasteiger partial charge in [0.1, 0.15) is 17.2 Å². The van der Waals surface area contributed by atoms with E-state index in [0.717, 1.165) is 50.6 Å². The average molecular weight is 511 g/mol. The first-order valence-electron chi connectivity index (χ1n) is 13.6. The van der Waals surface area contributed by atoms with E-state index in [1.165, 1.54) is 27.4 Å². The summed E-state index contributed by atoms with van der Waals surface area (Å²) in [5.41, 5.74) is 10.2.